The molecule has 8 atom stereocenters. The fourth-order valence-corrected chi connectivity index (χ4v) is 9.19. The van der Waals surface area contributed by atoms with Crippen LogP contribution in [0.2, 0.25) is 0 Å². The Labute approximate surface area is 200 Å². The summed E-state index contributed by atoms with van der Waals surface area (Å²) in [4.78, 5) is 0. The molecule has 0 aromatic carbocycles. The fraction of sp³-hybridized carbons (Fsp3) is 0.935. The molecule has 0 aliphatic heterocycles. The van der Waals surface area contributed by atoms with Gasteiger partial charge in [-0.2, -0.15) is 0 Å². The summed E-state index contributed by atoms with van der Waals surface area (Å²) >= 11 is 0. The molecule has 0 amide bonds. The third-order valence-electron chi connectivity index (χ3n) is 11.1. The molecule has 3 unspecified atom stereocenters. The van der Waals surface area contributed by atoms with Crippen LogP contribution >= 0.6 is 0 Å². The molecule has 0 heterocycles. The molecule has 0 saturated heterocycles. The van der Waals surface area contributed by atoms with E-state index in [1.165, 1.54) is 83.5 Å². The summed E-state index contributed by atoms with van der Waals surface area (Å²) in [5, 5.41) is 0. The first-order chi connectivity index (χ1) is 15.3. The summed E-state index contributed by atoms with van der Waals surface area (Å²) in [6.45, 7) is 16.0. The van der Waals surface area contributed by atoms with Gasteiger partial charge in [-0.25, -0.2) is 0 Å². The monoisotopic (exact) mass is 442 g/mol. The highest BCUT2D eigenvalue weighted by Crippen LogP contribution is 2.67. The van der Waals surface area contributed by atoms with Crippen molar-refractivity contribution < 1.29 is 4.74 Å². The number of hydrogen-bond donors (Lipinski definition) is 0. The average molecular weight is 443 g/mol. The predicted octanol–water partition coefficient (Wildman–Crippen LogP) is 9.21. The number of rotatable bonds is 9. The van der Waals surface area contributed by atoms with Crippen molar-refractivity contribution in [3.63, 3.8) is 0 Å². The van der Waals surface area contributed by atoms with Gasteiger partial charge in [-0.05, 0) is 104 Å². The molecule has 0 bridgehead atoms. The highest BCUT2D eigenvalue weighted by Gasteiger charge is 2.59. The highest BCUT2D eigenvalue weighted by molar-refractivity contribution is 5.25. The average Bonchev–Trinajstić information content (AvgIpc) is 3.11. The van der Waals surface area contributed by atoms with E-state index in [4.69, 9.17) is 4.74 Å². The van der Waals surface area contributed by atoms with Gasteiger partial charge in [-0.3, -0.25) is 0 Å². The van der Waals surface area contributed by atoms with E-state index in [0.717, 1.165) is 42.1 Å². The summed E-state index contributed by atoms with van der Waals surface area (Å²) in [7, 11) is 0. The summed E-state index contributed by atoms with van der Waals surface area (Å²) in [5.41, 5.74) is 2.86. The normalized spacial score (nSPS) is 42.2. The van der Waals surface area contributed by atoms with Crippen LogP contribution in [0.4, 0.5) is 0 Å². The number of allylic oxidation sites excluding steroid dienone is 1. The topological polar surface area (TPSA) is 9.23 Å². The minimum atomic E-state index is 0.468. The van der Waals surface area contributed by atoms with Crippen LogP contribution < -0.4 is 0 Å². The van der Waals surface area contributed by atoms with Crippen molar-refractivity contribution in [2.45, 2.75) is 131 Å². The van der Waals surface area contributed by atoms with Crippen LogP contribution in [0.3, 0.4) is 0 Å². The van der Waals surface area contributed by atoms with Gasteiger partial charge in [0.15, 0.2) is 0 Å². The second kappa shape index (κ2) is 10.1. The lowest BCUT2D eigenvalue weighted by Crippen LogP contribution is -2.51. The quantitative estimate of drug-likeness (QED) is 0.255. The molecule has 3 fully saturated rings. The second-order valence-electron chi connectivity index (χ2n) is 13.4. The van der Waals surface area contributed by atoms with E-state index in [-0.39, 0.29) is 0 Å². The van der Waals surface area contributed by atoms with Crippen LogP contribution in [0.25, 0.3) is 0 Å². The minimum Gasteiger partial charge on any atom is -0.378 e. The van der Waals surface area contributed by atoms with Crippen molar-refractivity contribution in [2.75, 3.05) is 6.61 Å². The maximum Gasteiger partial charge on any atom is 0.0612 e. The highest BCUT2D eigenvalue weighted by atomic mass is 16.5. The molecule has 0 aromatic heterocycles. The molecule has 32 heavy (non-hydrogen) atoms. The molecule has 4 rings (SSSR count). The van der Waals surface area contributed by atoms with Crippen LogP contribution in [-0.4, -0.2) is 12.7 Å². The smallest absolute Gasteiger partial charge is 0.0612 e. The lowest BCUT2D eigenvalue weighted by atomic mass is 9.47. The summed E-state index contributed by atoms with van der Waals surface area (Å²) < 4.78 is 6.29. The van der Waals surface area contributed by atoms with E-state index in [1.54, 1.807) is 5.57 Å². The number of fused-ring (bicyclic) bond motifs is 5. The van der Waals surface area contributed by atoms with Gasteiger partial charge in [0.1, 0.15) is 0 Å². The van der Waals surface area contributed by atoms with Gasteiger partial charge < -0.3 is 4.74 Å². The molecule has 184 valence electrons. The van der Waals surface area contributed by atoms with E-state index in [1.807, 2.05) is 0 Å². The minimum absolute atomic E-state index is 0.468. The number of ether oxygens (including phenoxy) is 1. The van der Waals surface area contributed by atoms with Crippen LogP contribution in [0.15, 0.2) is 11.6 Å². The lowest BCUT2D eigenvalue weighted by Gasteiger charge is -2.58. The third kappa shape index (κ3) is 4.63. The first kappa shape index (κ1) is 24.8. The van der Waals surface area contributed by atoms with Gasteiger partial charge >= 0.3 is 0 Å². The lowest BCUT2D eigenvalue weighted by molar-refractivity contribution is -0.0640. The first-order valence-electron chi connectivity index (χ1n) is 14.6. The Hall–Kier alpha value is -0.300. The summed E-state index contributed by atoms with van der Waals surface area (Å²) in [5.74, 6) is 5.62. The van der Waals surface area contributed by atoms with E-state index in [0.29, 0.717) is 16.9 Å². The van der Waals surface area contributed by atoms with E-state index >= 15 is 0 Å². The fourth-order valence-electron chi connectivity index (χ4n) is 9.19. The predicted molar refractivity (Wildman–Crippen MR) is 138 cm³/mol. The van der Waals surface area contributed by atoms with Gasteiger partial charge in [0.25, 0.3) is 0 Å². The number of unbranched alkanes of at least 4 members (excludes halogenated alkanes) is 1. The van der Waals surface area contributed by atoms with Crippen LogP contribution in [0.5, 0.6) is 0 Å². The zero-order valence-electron chi connectivity index (χ0n) is 22.4. The molecule has 0 aromatic rings. The van der Waals surface area contributed by atoms with Gasteiger partial charge in [0.2, 0.25) is 0 Å². The SMILES string of the molecule is CCCCO[C@@H]1CC[C@]2(C)C(=CCC3C2CC[C@]2(C)C3CC[C@H]2[C@H](C)CCCC(C)C)C1. The Morgan fingerprint density at radius 1 is 0.969 bits per heavy atom. The van der Waals surface area contributed by atoms with E-state index < -0.39 is 0 Å². The molecule has 0 N–H and O–H groups in total. The molecule has 3 saturated carbocycles. The van der Waals surface area contributed by atoms with Gasteiger partial charge in [-0.1, -0.05) is 78.9 Å². The van der Waals surface area contributed by atoms with E-state index in [2.05, 4.69) is 47.6 Å². The maximum absolute atomic E-state index is 6.29. The molecule has 0 radical (unpaired) electrons. The Bertz CT molecular complexity index is 649. The van der Waals surface area contributed by atoms with Gasteiger partial charge in [-0.15, -0.1) is 0 Å². The molecule has 4 aliphatic rings. The van der Waals surface area contributed by atoms with Crippen molar-refractivity contribution in [2.24, 2.45) is 46.3 Å². The van der Waals surface area contributed by atoms with Gasteiger partial charge in [0.05, 0.1) is 6.10 Å². The van der Waals surface area contributed by atoms with Crippen LogP contribution in [0.1, 0.15) is 125 Å². The Balaban J connectivity index is 1.42. The second-order valence-corrected chi connectivity index (χ2v) is 13.4. The molecule has 1 nitrogen and oxygen atoms in total. The summed E-state index contributed by atoms with van der Waals surface area (Å²) in [6, 6.07) is 0. The maximum atomic E-state index is 6.29. The Kier molecular flexibility index (Phi) is 7.86. The van der Waals surface area contributed by atoms with Crippen molar-refractivity contribution >= 4 is 0 Å². The van der Waals surface area contributed by atoms with Crippen molar-refractivity contribution in [1.82, 2.24) is 0 Å². The molecular formula is C31H54O. The van der Waals surface area contributed by atoms with Crippen molar-refractivity contribution in [3.05, 3.63) is 11.6 Å². The van der Waals surface area contributed by atoms with Crippen LogP contribution in [0, 0.1) is 46.3 Å². The molecule has 1 heteroatoms. The number of hydrogen-bond acceptors (Lipinski definition) is 1. The third-order valence-corrected chi connectivity index (χ3v) is 11.1. The molecule has 4 aliphatic carbocycles. The Morgan fingerprint density at radius 2 is 1.78 bits per heavy atom. The van der Waals surface area contributed by atoms with Crippen molar-refractivity contribution in [3.8, 4) is 0 Å². The molecular weight excluding hydrogens is 388 g/mol. The van der Waals surface area contributed by atoms with Gasteiger partial charge in [0, 0.05) is 6.61 Å². The van der Waals surface area contributed by atoms with E-state index in [9.17, 15) is 0 Å². The van der Waals surface area contributed by atoms with Crippen molar-refractivity contribution in [1.29, 1.82) is 0 Å². The zero-order chi connectivity index (χ0) is 22.9. The largest absolute Gasteiger partial charge is 0.378 e. The summed E-state index contributed by atoms with van der Waals surface area (Å²) in [6.07, 6.45) is 21.2. The molecule has 0 spiro atoms. The Morgan fingerprint density at radius 3 is 2.53 bits per heavy atom. The standard InChI is InChI=1S/C31H54O/c1-7-8-20-32-25-16-18-30(5)24(21-25)12-13-26-28-15-14-27(23(4)11-9-10-22(2)3)31(28,6)19-17-29(26)30/h12,22-23,25-29H,7-11,13-21H2,1-6H3/t23-,25-,26?,27+,28?,29?,30-,31+/m1/s1. The zero-order valence-corrected chi connectivity index (χ0v) is 22.4. The first-order valence-corrected chi connectivity index (χ1v) is 14.6. The van der Waals surface area contributed by atoms with Crippen LogP contribution in [-0.2, 0) is 4.74 Å².